The molecule has 4 rings (SSSR count). The van der Waals surface area contributed by atoms with Crippen LogP contribution in [-0.2, 0) is 11.3 Å². The number of halogens is 1. The monoisotopic (exact) mass is 368 g/mol. The van der Waals surface area contributed by atoms with Crippen molar-refractivity contribution in [2.75, 3.05) is 0 Å². The van der Waals surface area contributed by atoms with E-state index in [0.29, 0.717) is 17.5 Å². The van der Waals surface area contributed by atoms with Crippen LogP contribution < -0.4 is 0 Å². The summed E-state index contributed by atoms with van der Waals surface area (Å²) in [5, 5.41) is 15.0. The third-order valence-electron chi connectivity index (χ3n) is 4.50. The minimum atomic E-state index is -0.994. The number of aryl methyl sites for hydroxylation is 1. The number of aliphatic carboxylic acids is 1. The molecule has 1 aliphatic carbocycles. The summed E-state index contributed by atoms with van der Waals surface area (Å²) in [6, 6.07) is 1.83. The molecule has 3 aromatic heterocycles. The van der Waals surface area contributed by atoms with Gasteiger partial charge in [-0.15, -0.1) is 0 Å². The maximum absolute atomic E-state index is 11.1. The van der Waals surface area contributed by atoms with Crippen molar-refractivity contribution >= 4 is 34.7 Å². The average Bonchev–Trinajstić information content (AvgIpc) is 3.38. The number of fused-ring (bicyclic) bond motifs is 1. The molecule has 0 amide bonds. The number of pyridine rings is 2. The number of hydrogen-bond donors (Lipinski definition) is 1. The van der Waals surface area contributed by atoms with E-state index in [1.54, 1.807) is 24.7 Å². The van der Waals surface area contributed by atoms with Crippen LogP contribution in [0, 0.1) is 0 Å². The van der Waals surface area contributed by atoms with Crippen LogP contribution >= 0.6 is 11.6 Å². The highest BCUT2D eigenvalue weighted by Gasteiger charge is 2.30. The van der Waals surface area contributed by atoms with E-state index in [1.807, 2.05) is 17.7 Å². The van der Waals surface area contributed by atoms with Crippen molar-refractivity contribution in [2.24, 2.45) is 0 Å². The fraction of sp³-hybridized carbons (Fsp3) is 0.263. The summed E-state index contributed by atoms with van der Waals surface area (Å²) in [7, 11) is 0. The highest BCUT2D eigenvalue weighted by molar-refractivity contribution is 6.30. The molecule has 0 bridgehead atoms. The molecule has 0 atom stereocenters. The molecule has 7 heteroatoms. The Labute approximate surface area is 155 Å². The summed E-state index contributed by atoms with van der Waals surface area (Å²) < 4.78 is 1.85. The van der Waals surface area contributed by atoms with Crippen molar-refractivity contribution < 1.29 is 9.90 Å². The number of hydrogen-bond acceptors (Lipinski definition) is 4. The lowest BCUT2D eigenvalue weighted by atomic mass is 9.95. The molecule has 6 nitrogen and oxygen atoms in total. The first kappa shape index (κ1) is 16.7. The van der Waals surface area contributed by atoms with E-state index in [4.69, 9.17) is 21.7 Å². The quantitative estimate of drug-likeness (QED) is 0.684. The number of carbonyl (C=O) groups is 1. The Morgan fingerprint density at radius 2 is 2.19 bits per heavy atom. The molecule has 3 aromatic rings. The Kier molecular flexibility index (Phi) is 4.20. The minimum Gasteiger partial charge on any atom is -0.478 e. The van der Waals surface area contributed by atoms with Crippen molar-refractivity contribution in [1.82, 2.24) is 19.7 Å². The third-order valence-corrected chi connectivity index (χ3v) is 4.71. The Morgan fingerprint density at radius 1 is 1.38 bits per heavy atom. The highest BCUT2D eigenvalue weighted by atomic mass is 35.5. The Hall–Kier alpha value is -2.73. The van der Waals surface area contributed by atoms with Crippen LogP contribution in [0.15, 0.2) is 30.7 Å². The van der Waals surface area contributed by atoms with Crippen LogP contribution in [0.5, 0.6) is 0 Å². The molecule has 3 heterocycles. The number of nitrogens with zero attached hydrogens (tertiary/aromatic N) is 4. The molecule has 26 heavy (non-hydrogen) atoms. The minimum absolute atomic E-state index is 0.346. The first-order chi connectivity index (χ1) is 12.6. The van der Waals surface area contributed by atoms with Gasteiger partial charge in [0.05, 0.1) is 16.9 Å². The normalized spacial score (nSPS) is 14.4. The first-order valence-corrected chi connectivity index (χ1v) is 8.87. The molecule has 0 radical (unpaired) electrons. The lowest BCUT2D eigenvalue weighted by molar-refractivity contribution is -0.131. The van der Waals surface area contributed by atoms with E-state index >= 15 is 0 Å². The van der Waals surface area contributed by atoms with Crippen molar-refractivity contribution in [3.63, 3.8) is 0 Å². The van der Waals surface area contributed by atoms with E-state index in [1.165, 1.54) is 0 Å². The first-order valence-electron chi connectivity index (χ1n) is 8.49. The van der Waals surface area contributed by atoms with Gasteiger partial charge in [-0.25, -0.2) is 14.5 Å². The zero-order chi connectivity index (χ0) is 18.3. The van der Waals surface area contributed by atoms with Crippen LogP contribution in [0.4, 0.5) is 0 Å². The topological polar surface area (TPSA) is 80.9 Å². The maximum Gasteiger partial charge on any atom is 0.328 e. The van der Waals surface area contributed by atoms with Crippen LogP contribution in [0.25, 0.3) is 28.2 Å². The van der Waals surface area contributed by atoms with Gasteiger partial charge in [0.1, 0.15) is 0 Å². The molecule has 1 fully saturated rings. The van der Waals surface area contributed by atoms with Gasteiger partial charge in [-0.1, -0.05) is 11.6 Å². The summed E-state index contributed by atoms with van der Waals surface area (Å²) in [4.78, 5) is 20.2. The summed E-state index contributed by atoms with van der Waals surface area (Å²) in [6.07, 6.45) is 9.98. The van der Waals surface area contributed by atoms with Crippen LogP contribution in [0.3, 0.4) is 0 Å². The van der Waals surface area contributed by atoms with Crippen LogP contribution in [0.2, 0.25) is 5.02 Å². The molecule has 0 saturated heterocycles. The van der Waals surface area contributed by atoms with E-state index in [9.17, 15) is 4.79 Å². The molecule has 132 valence electrons. The lowest BCUT2D eigenvalue weighted by Crippen LogP contribution is -2.03. The second-order valence-electron chi connectivity index (χ2n) is 6.32. The van der Waals surface area contributed by atoms with Crippen LogP contribution in [0.1, 0.15) is 36.9 Å². The van der Waals surface area contributed by atoms with E-state index in [-0.39, 0.29) is 0 Å². The van der Waals surface area contributed by atoms with Gasteiger partial charge >= 0.3 is 5.97 Å². The molecule has 1 aliphatic rings. The fourth-order valence-electron chi connectivity index (χ4n) is 3.20. The van der Waals surface area contributed by atoms with Gasteiger partial charge in [-0.05, 0) is 31.9 Å². The van der Waals surface area contributed by atoms with Crippen molar-refractivity contribution in [3.05, 3.63) is 47.0 Å². The molecular formula is C19H17ClN4O2. The summed E-state index contributed by atoms with van der Waals surface area (Å²) in [5.41, 5.74) is 4.23. The SMILES string of the molecule is CCn1ncc2c(-c3cncc(Cl)c3)c(C=CC(=O)O)c(C3CC3)nc21. The third kappa shape index (κ3) is 2.97. The van der Waals surface area contributed by atoms with Gasteiger partial charge in [-0.2, -0.15) is 5.10 Å². The van der Waals surface area contributed by atoms with Crippen molar-refractivity contribution in [3.8, 4) is 11.1 Å². The Bertz CT molecular complexity index is 1040. The molecule has 0 aliphatic heterocycles. The fourth-order valence-corrected chi connectivity index (χ4v) is 3.38. The number of carboxylic acid groups (broad SMARTS) is 1. The molecule has 1 saturated carbocycles. The zero-order valence-corrected chi connectivity index (χ0v) is 14.9. The Morgan fingerprint density at radius 3 is 2.85 bits per heavy atom. The predicted molar refractivity (Wildman–Crippen MR) is 100 cm³/mol. The van der Waals surface area contributed by atoms with Crippen LogP contribution in [-0.4, -0.2) is 30.8 Å². The Balaban J connectivity index is 2.08. The number of aromatic nitrogens is 4. The lowest BCUT2D eigenvalue weighted by Gasteiger charge is -2.13. The zero-order valence-electron chi connectivity index (χ0n) is 14.2. The van der Waals surface area contributed by atoms with Gasteiger partial charge in [0, 0.05) is 53.0 Å². The van der Waals surface area contributed by atoms with Crippen molar-refractivity contribution in [1.29, 1.82) is 0 Å². The molecule has 0 aromatic carbocycles. The average molecular weight is 369 g/mol. The second-order valence-corrected chi connectivity index (χ2v) is 6.76. The summed E-state index contributed by atoms with van der Waals surface area (Å²) in [6.45, 7) is 2.72. The summed E-state index contributed by atoms with van der Waals surface area (Å²) >= 11 is 6.16. The van der Waals surface area contributed by atoms with E-state index in [2.05, 4.69) is 10.1 Å². The molecule has 0 spiro atoms. The van der Waals surface area contributed by atoms with Gasteiger partial charge in [-0.3, -0.25) is 4.98 Å². The molecular weight excluding hydrogens is 352 g/mol. The van der Waals surface area contributed by atoms with Gasteiger partial charge in [0.25, 0.3) is 0 Å². The number of rotatable bonds is 5. The largest absolute Gasteiger partial charge is 0.478 e. The van der Waals surface area contributed by atoms with E-state index in [0.717, 1.165) is 52.3 Å². The summed E-state index contributed by atoms with van der Waals surface area (Å²) in [5.74, 6) is -0.648. The van der Waals surface area contributed by atoms with Crippen molar-refractivity contribution in [2.45, 2.75) is 32.2 Å². The second kappa shape index (κ2) is 6.53. The van der Waals surface area contributed by atoms with Gasteiger partial charge in [0.2, 0.25) is 0 Å². The van der Waals surface area contributed by atoms with E-state index < -0.39 is 5.97 Å². The maximum atomic E-state index is 11.1. The number of carboxylic acids is 1. The standard InChI is InChI=1S/C19H17ClN4O2/c1-2-24-19-15(10-22-24)17(12-7-13(20)9-21-8-12)14(5-6-16(25)26)18(23-19)11-3-4-11/h5-11H,2-4H2,1H3,(H,25,26). The van der Waals surface area contributed by atoms with Gasteiger partial charge in [0.15, 0.2) is 5.65 Å². The predicted octanol–water partition coefficient (Wildman–Crippen LogP) is 4.14. The molecule has 1 N–H and O–H groups in total. The highest BCUT2D eigenvalue weighted by Crippen LogP contribution is 2.45. The van der Waals surface area contributed by atoms with Gasteiger partial charge < -0.3 is 5.11 Å². The smallest absolute Gasteiger partial charge is 0.328 e. The molecule has 0 unspecified atom stereocenters.